The summed E-state index contributed by atoms with van der Waals surface area (Å²) in [5, 5.41) is 0.703. The van der Waals surface area contributed by atoms with Crippen molar-refractivity contribution in [3.8, 4) is 0 Å². The van der Waals surface area contributed by atoms with Crippen molar-refractivity contribution in [2.24, 2.45) is 0 Å². The SMILES string of the molecule is Clc1ccc(C2N(c3ccc(Br)cc3)C2(Cl)Cl)cc1. The van der Waals surface area contributed by atoms with Crippen LogP contribution in [0.3, 0.4) is 0 Å². The first-order chi connectivity index (χ1) is 9.00. The zero-order valence-corrected chi connectivity index (χ0v) is 13.5. The van der Waals surface area contributed by atoms with Crippen molar-refractivity contribution < 1.29 is 0 Å². The predicted molar refractivity (Wildman–Crippen MR) is 85.3 cm³/mol. The summed E-state index contributed by atoms with van der Waals surface area (Å²) >= 11 is 22.0. The van der Waals surface area contributed by atoms with Gasteiger partial charge >= 0.3 is 0 Å². The summed E-state index contributed by atoms with van der Waals surface area (Å²) in [6, 6.07) is 15.5. The van der Waals surface area contributed by atoms with Gasteiger partial charge in [-0.05, 0) is 42.0 Å². The van der Waals surface area contributed by atoms with Crippen LogP contribution in [0.25, 0.3) is 0 Å². The molecule has 0 spiro atoms. The Labute approximate surface area is 135 Å². The van der Waals surface area contributed by atoms with Crippen molar-refractivity contribution in [1.82, 2.24) is 0 Å². The fraction of sp³-hybridized carbons (Fsp3) is 0.143. The second kappa shape index (κ2) is 4.85. The zero-order valence-electron chi connectivity index (χ0n) is 9.66. The Morgan fingerprint density at radius 3 is 2.11 bits per heavy atom. The molecule has 1 aliphatic rings. The monoisotopic (exact) mass is 375 g/mol. The van der Waals surface area contributed by atoms with Crippen LogP contribution in [0.1, 0.15) is 11.6 Å². The summed E-state index contributed by atoms with van der Waals surface area (Å²) in [6.45, 7) is 0. The molecule has 1 nitrogen and oxygen atoms in total. The van der Waals surface area contributed by atoms with Gasteiger partial charge in [-0.1, -0.05) is 62.9 Å². The Balaban J connectivity index is 1.92. The molecule has 2 aromatic carbocycles. The highest BCUT2D eigenvalue weighted by Crippen LogP contribution is 2.61. The van der Waals surface area contributed by atoms with Crippen molar-refractivity contribution >= 4 is 56.4 Å². The minimum atomic E-state index is -0.901. The molecule has 2 aromatic rings. The van der Waals surface area contributed by atoms with E-state index in [1.807, 2.05) is 53.4 Å². The first kappa shape index (κ1) is 13.6. The van der Waals surface area contributed by atoms with Crippen LogP contribution in [0.4, 0.5) is 5.69 Å². The number of hydrogen-bond acceptors (Lipinski definition) is 1. The maximum atomic E-state index is 6.37. The molecule has 1 aliphatic heterocycles. The second-order valence-electron chi connectivity index (χ2n) is 4.39. The first-order valence-electron chi connectivity index (χ1n) is 5.68. The van der Waals surface area contributed by atoms with Gasteiger partial charge in [0, 0.05) is 15.2 Å². The number of benzene rings is 2. The fourth-order valence-electron chi connectivity index (χ4n) is 2.16. The third-order valence-electron chi connectivity index (χ3n) is 3.13. The summed E-state index contributed by atoms with van der Waals surface area (Å²) < 4.78 is 0.123. The molecule has 0 bridgehead atoms. The summed E-state index contributed by atoms with van der Waals surface area (Å²) in [6.07, 6.45) is 0. The Morgan fingerprint density at radius 2 is 1.53 bits per heavy atom. The van der Waals surface area contributed by atoms with Crippen LogP contribution < -0.4 is 4.90 Å². The highest BCUT2D eigenvalue weighted by atomic mass is 79.9. The van der Waals surface area contributed by atoms with Gasteiger partial charge in [-0.2, -0.15) is 0 Å². The van der Waals surface area contributed by atoms with Gasteiger partial charge in [0.15, 0.2) is 0 Å². The molecule has 0 saturated carbocycles. The Kier molecular flexibility index (Phi) is 3.46. The normalized spacial score (nSPS) is 20.4. The van der Waals surface area contributed by atoms with Crippen LogP contribution >= 0.6 is 50.7 Å². The lowest BCUT2D eigenvalue weighted by molar-refractivity contribution is 1.10. The molecule has 1 saturated heterocycles. The molecule has 5 heteroatoms. The topological polar surface area (TPSA) is 3.01 Å². The number of hydrogen-bond donors (Lipinski definition) is 0. The Bertz CT molecular complexity index is 542. The standard InChI is InChI=1S/C14H9BrCl3N/c15-10-3-7-12(8-4-10)19-13(14(19,17)18)9-1-5-11(16)6-2-9/h1-8,13H. The molecule has 3 rings (SSSR count). The van der Waals surface area contributed by atoms with E-state index in [-0.39, 0.29) is 6.04 Å². The molecule has 0 amide bonds. The maximum Gasteiger partial charge on any atom is 0.215 e. The van der Waals surface area contributed by atoms with E-state index in [9.17, 15) is 0 Å². The highest BCUT2D eigenvalue weighted by molar-refractivity contribution is 9.10. The largest absolute Gasteiger partial charge is 0.326 e. The smallest absolute Gasteiger partial charge is 0.215 e. The van der Waals surface area contributed by atoms with Crippen LogP contribution in [-0.2, 0) is 0 Å². The van der Waals surface area contributed by atoms with Crippen molar-refractivity contribution in [2.45, 2.75) is 10.5 Å². The minimum absolute atomic E-state index is 0.0470. The van der Waals surface area contributed by atoms with Gasteiger partial charge in [0.2, 0.25) is 4.46 Å². The number of anilines is 1. The lowest BCUT2D eigenvalue weighted by Gasteiger charge is -2.06. The maximum absolute atomic E-state index is 6.37. The van der Waals surface area contributed by atoms with E-state index in [1.165, 1.54) is 0 Å². The molecule has 0 N–H and O–H groups in total. The number of alkyl halides is 2. The highest BCUT2D eigenvalue weighted by Gasteiger charge is 2.62. The van der Waals surface area contributed by atoms with Crippen molar-refractivity contribution in [3.05, 3.63) is 63.6 Å². The van der Waals surface area contributed by atoms with E-state index < -0.39 is 4.46 Å². The van der Waals surface area contributed by atoms with Crippen LogP contribution in [0, 0.1) is 0 Å². The van der Waals surface area contributed by atoms with Gasteiger partial charge in [0.25, 0.3) is 0 Å². The lowest BCUT2D eigenvalue weighted by Crippen LogP contribution is -2.00. The number of rotatable bonds is 2. The average Bonchev–Trinajstić information content (AvgIpc) is 2.94. The van der Waals surface area contributed by atoms with E-state index in [1.54, 1.807) is 0 Å². The van der Waals surface area contributed by atoms with Gasteiger partial charge in [-0.25, -0.2) is 0 Å². The number of nitrogens with zero attached hydrogens (tertiary/aromatic N) is 1. The van der Waals surface area contributed by atoms with E-state index in [4.69, 9.17) is 34.8 Å². The summed E-state index contributed by atoms with van der Waals surface area (Å²) in [5.41, 5.74) is 2.05. The van der Waals surface area contributed by atoms with E-state index in [2.05, 4.69) is 15.9 Å². The summed E-state index contributed by atoms with van der Waals surface area (Å²) in [5.74, 6) is 0. The van der Waals surface area contributed by atoms with Crippen LogP contribution in [0.5, 0.6) is 0 Å². The van der Waals surface area contributed by atoms with Gasteiger partial charge in [-0.15, -0.1) is 0 Å². The van der Waals surface area contributed by atoms with Crippen molar-refractivity contribution in [2.75, 3.05) is 4.90 Å². The fourth-order valence-corrected chi connectivity index (χ4v) is 3.29. The second-order valence-corrected chi connectivity index (χ2v) is 7.09. The molecule has 0 aromatic heterocycles. The third-order valence-corrected chi connectivity index (χ3v) is 4.69. The van der Waals surface area contributed by atoms with E-state index in [0.717, 1.165) is 15.7 Å². The van der Waals surface area contributed by atoms with Crippen LogP contribution in [0.2, 0.25) is 5.02 Å². The van der Waals surface area contributed by atoms with E-state index >= 15 is 0 Å². The van der Waals surface area contributed by atoms with Crippen molar-refractivity contribution in [3.63, 3.8) is 0 Å². The Hall–Kier alpha value is -0.410. The summed E-state index contributed by atoms with van der Waals surface area (Å²) in [7, 11) is 0. The molecule has 1 atom stereocenters. The molecular weight excluding hydrogens is 368 g/mol. The van der Waals surface area contributed by atoms with Crippen LogP contribution in [0.15, 0.2) is 53.0 Å². The molecule has 98 valence electrons. The van der Waals surface area contributed by atoms with Gasteiger partial charge in [0.1, 0.15) is 6.04 Å². The first-order valence-corrected chi connectivity index (χ1v) is 7.61. The molecule has 1 heterocycles. The molecule has 1 unspecified atom stereocenters. The van der Waals surface area contributed by atoms with Crippen LogP contribution in [-0.4, -0.2) is 4.46 Å². The van der Waals surface area contributed by atoms with Gasteiger partial charge in [-0.3, -0.25) is 0 Å². The lowest BCUT2D eigenvalue weighted by atomic mass is 10.1. The van der Waals surface area contributed by atoms with Crippen molar-refractivity contribution in [1.29, 1.82) is 0 Å². The quantitative estimate of drug-likeness (QED) is 0.363. The van der Waals surface area contributed by atoms with E-state index in [0.29, 0.717) is 5.02 Å². The number of halogens is 4. The molecule has 0 radical (unpaired) electrons. The van der Waals surface area contributed by atoms with Gasteiger partial charge in [0.05, 0.1) is 0 Å². The average molecular weight is 377 g/mol. The minimum Gasteiger partial charge on any atom is -0.326 e. The molecular formula is C14H9BrCl3N. The third kappa shape index (κ3) is 2.47. The zero-order chi connectivity index (χ0) is 13.6. The summed E-state index contributed by atoms with van der Waals surface area (Å²) in [4.78, 5) is 1.96. The predicted octanol–water partition coefficient (Wildman–Crippen LogP) is 5.80. The molecule has 0 aliphatic carbocycles. The molecule has 19 heavy (non-hydrogen) atoms. The molecule has 1 fully saturated rings. The van der Waals surface area contributed by atoms with Gasteiger partial charge < -0.3 is 4.90 Å². The Morgan fingerprint density at radius 1 is 0.947 bits per heavy atom.